The summed E-state index contributed by atoms with van der Waals surface area (Å²) in [6.45, 7) is 3.84. The van der Waals surface area contributed by atoms with E-state index >= 15 is 0 Å². The molecule has 0 radical (unpaired) electrons. The second-order valence-corrected chi connectivity index (χ2v) is 7.00. The Hall–Kier alpha value is -2.66. The lowest BCUT2D eigenvalue weighted by atomic mass is 10.00. The van der Waals surface area contributed by atoms with Crippen molar-refractivity contribution in [3.05, 3.63) is 60.2 Å². The fourth-order valence-electron chi connectivity index (χ4n) is 2.86. The second-order valence-electron chi connectivity index (χ2n) is 7.00. The first kappa shape index (κ1) is 20.6. The summed E-state index contributed by atoms with van der Waals surface area (Å²) < 4.78 is 4.80. The number of benzene rings is 2. The molecular formula is C22H27NO4. The van der Waals surface area contributed by atoms with Crippen molar-refractivity contribution in [1.29, 1.82) is 0 Å². The highest BCUT2D eigenvalue weighted by Crippen LogP contribution is 2.20. The van der Waals surface area contributed by atoms with Gasteiger partial charge >= 0.3 is 5.97 Å². The molecule has 1 amide bonds. The summed E-state index contributed by atoms with van der Waals surface area (Å²) in [7, 11) is 1.28. The van der Waals surface area contributed by atoms with Crippen LogP contribution < -0.4 is 5.32 Å². The van der Waals surface area contributed by atoms with Crippen LogP contribution in [-0.4, -0.2) is 36.2 Å². The Balaban J connectivity index is 2.07. The first-order valence-corrected chi connectivity index (χ1v) is 9.11. The number of carbonyl (C=O) groups excluding carboxylic acids is 2. The van der Waals surface area contributed by atoms with Crippen molar-refractivity contribution in [2.75, 3.05) is 7.11 Å². The second kappa shape index (κ2) is 9.88. The smallest absolute Gasteiger partial charge is 0.328 e. The average Bonchev–Trinajstić information content (AvgIpc) is 2.67. The van der Waals surface area contributed by atoms with Gasteiger partial charge in [0.15, 0.2) is 0 Å². The number of carbonyl (C=O) groups is 2. The third kappa shape index (κ3) is 6.22. The molecule has 5 nitrogen and oxygen atoms in total. The number of ether oxygens (including phenoxy) is 1. The van der Waals surface area contributed by atoms with Crippen LogP contribution in [0, 0.1) is 5.92 Å². The van der Waals surface area contributed by atoms with E-state index in [0.29, 0.717) is 12.8 Å². The Morgan fingerprint density at radius 1 is 1.00 bits per heavy atom. The van der Waals surface area contributed by atoms with Gasteiger partial charge in [-0.15, -0.1) is 0 Å². The molecule has 2 rings (SSSR count). The molecule has 0 bridgehead atoms. The molecule has 2 N–H and O–H groups in total. The molecule has 0 aliphatic rings. The zero-order valence-corrected chi connectivity index (χ0v) is 16.0. The topological polar surface area (TPSA) is 75.6 Å². The number of hydrogen-bond acceptors (Lipinski definition) is 4. The predicted molar refractivity (Wildman–Crippen MR) is 105 cm³/mol. The van der Waals surface area contributed by atoms with E-state index in [4.69, 9.17) is 4.74 Å². The number of rotatable bonds is 8. The standard InChI is InChI=1S/C22H27NO4/c1-15(2)13-20(24)21(25)23-19(22(26)27-3)14-16-9-11-18(12-10-16)17-7-5-4-6-8-17/h4-12,15,19-20,24H,13-14H2,1-3H3,(H,23,25)/t19-,20-/m0/s1. The van der Waals surface area contributed by atoms with E-state index in [2.05, 4.69) is 5.32 Å². The van der Waals surface area contributed by atoms with Crippen LogP contribution in [0.25, 0.3) is 11.1 Å². The van der Waals surface area contributed by atoms with E-state index in [1.165, 1.54) is 7.11 Å². The Labute approximate surface area is 160 Å². The molecule has 2 aromatic carbocycles. The monoisotopic (exact) mass is 369 g/mol. The maximum atomic E-state index is 12.2. The van der Waals surface area contributed by atoms with Crippen molar-refractivity contribution in [2.45, 2.75) is 38.8 Å². The average molecular weight is 369 g/mol. The molecule has 0 aromatic heterocycles. The third-order valence-corrected chi connectivity index (χ3v) is 4.30. The summed E-state index contributed by atoms with van der Waals surface area (Å²) >= 11 is 0. The summed E-state index contributed by atoms with van der Waals surface area (Å²) in [4.78, 5) is 24.2. The zero-order valence-electron chi connectivity index (χ0n) is 16.0. The normalized spacial score (nSPS) is 13.1. The van der Waals surface area contributed by atoms with Crippen molar-refractivity contribution >= 4 is 11.9 Å². The lowest BCUT2D eigenvalue weighted by Crippen LogP contribution is -2.47. The molecule has 0 unspecified atom stereocenters. The SMILES string of the molecule is COC(=O)[C@H](Cc1ccc(-c2ccccc2)cc1)NC(=O)[C@@H](O)CC(C)C. The van der Waals surface area contributed by atoms with Crippen LogP contribution in [0.3, 0.4) is 0 Å². The van der Waals surface area contributed by atoms with Gasteiger partial charge in [-0.3, -0.25) is 4.79 Å². The van der Waals surface area contributed by atoms with Crippen molar-refractivity contribution < 1.29 is 19.4 Å². The molecule has 2 aromatic rings. The van der Waals surface area contributed by atoms with Crippen molar-refractivity contribution in [2.24, 2.45) is 5.92 Å². The molecule has 0 aliphatic heterocycles. The van der Waals surface area contributed by atoms with Crippen molar-refractivity contribution in [1.82, 2.24) is 5.32 Å². The van der Waals surface area contributed by atoms with E-state index in [1.54, 1.807) is 0 Å². The molecule has 144 valence electrons. The van der Waals surface area contributed by atoms with Crippen LogP contribution in [0.1, 0.15) is 25.8 Å². The molecule has 5 heteroatoms. The largest absolute Gasteiger partial charge is 0.467 e. The number of amides is 1. The molecule has 0 fully saturated rings. The van der Waals surface area contributed by atoms with Crippen molar-refractivity contribution in [3.8, 4) is 11.1 Å². The maximum absolute atomic E-state index is 12.2. The predicted octanol–water partition coefficient (Wildman–Crippen LogP) is 2.96. The summed E-state index contributed by atoms with van der Waals surface area (Å²) in [5.41, 5.74) is 3.08. The first-order valence-electron chi connectivity index (χ1n) is 9.11. The summed E-state index contributed by atoms with van der Waals surface area (Å²) in [5.74, 6) is -0.917. The minimum Gasteiger partial charge on any atom is -0.467 e. The maximum Gasteiger partial charge on any atom is 0.328 e. The number of aliphatic hydroxyl groups is 1. The summed E-state index contributed by atoms with van der Waals surface area (Å²) in [6.07, 6.45) is -0.509. The molecule has 0 spiro atoms. The van der Waals surface area contributed by atoms with Gasteiger partial charge in [0.05, 0.1) is 7.11 Å². The van der Waals surface area contributed by atoms with E-state index < -0.39 is 24.0 Å². The van der Waals surface area contributed by atoms with Crippen LogP contribution >= 0.6 is 0 Å². The fraction of sp³-hybridized carbons (Fsp3) is 0.364. The van der Waals surface area contributed by atoms with Gasteiger partial charge in [-0.25, -0.2) is 4.79 Å². The Morgan fingerprint density at radius 2 is 1.59 bits per heavy atom. The number of hydrogen-bond donors (Lipinski definition) is 2. The van der Waals surface area contributed by atoms with Crippen LogP contribution in [0.4, 0.5) is 0 Å². The Kier molecular flexibility index (Phi) is 7.55. The van der Waals surface area contributed by atoms with Gasteiger partial charge < -0.3 is 15.2 Å². The van der Waals surface area contributed by atoms with Gasteiger partial charge in [0.1, 0.15) is 12.1 Å². The highest BCUT2D eigenvalue weighted by Gasteiger charge is 2.25. The minimum atomic E-state index is -1.14. The number of aliphatic hydroxyl groups excluding tert-OH is 1. The Morgan fingerprint density at radius 3 is 2.15 bits per heavy atom. The van der Waals surface area contributed by atoms with E-state index in [1.807, 2.05) is 68.4 Å². The molecule has 27 heavy (non-hydrogen) atoms. The van der Waals surface area contributed by atoms with Crippen molar-refractivity contribution in [3.63, 3.8) is 0 Å². The highest BCUT2D eigenvalue weighted by molar-refractivity contribution is 5.87. The third-order valence-electron chi connectivity index (χ3n) is 4.30. The first-order chi connectivity index (χ1) is 12.9. The van der Waals surface area contributed by atoms with Crippen LogP contribution in [0.2, 0.25) is 0 Å². The summed E-state index contributed by atoms with van der Waals surface area (Å²) in [6, 6.07) is 17.0. The highest BCUT2D eigenvalue weighted by atomic mass is 16.5. The summed E-state index contributed by atoms with van der Waals surface area (Å²) in [5, 5.41) is 12.6. The molecule has 0 heterocycles. The quantitative estimate of drug-likeness (QED) is 0.702. The number of esters is 1. The van der Waals surface area contributed by atoms with E-state index in [9.17, 15) is 14.7 Å². The zero-order chi connectivity index (χ0) is 19.8. The molecule has 0 saturated carbocycles. The molecule has 0 aliphatic carbocycles. The van der Waals surface area contributed by atoms with Crippen LogP contribution in [-0.2, 0) is 20.7 Å². The minimum absolute atomic E-state index is 0.174. The van der Waals surface area contributed by atoms with Crippen LogP contribution in [0.15, 0.2) is 54.6 Å². The lowest BCUT2D eigenvalue weighted by Gasteiger charge is -2.19. The number of methoxy groups -OCH3 is 1. The lowest BCUT2D eigenvalue weighted by molar-refractivity contribution is -0.146. The molecular weight excluding hydrogens is 342 g/mol. The molecule has 0 saturated heterocycles. The van der Waals surface area contributed by atoms with Gasteiger partial charge in [-0.2, -0.15) is 0 Å². The van der Waals surface area contributed by atoms with Gasteiger partial charge in [0, 0.05) is 6.42 Å². The van der Waals surface area contributed by atoms with Gasteiger partial charge in [-0.1, -0.05) is 68.4 Å². The van der Waals surface area contributed by atoms with Gasteiger partial charge in [0.2, 0.25) is 5.91 Å². The van der Waals surface area contributed by atoms with Gasteiger partial charge in [0.25, 0.3) is 0 Å². The molecule has 2 atom stereocenters. The number of nitrogens with one attached hydrogen (secondary N) is 1. The van der Waals surface area contributed by atoms with E-state index in [0.717, 1.165) is 16.7 Å². The van der Waals surface area contributed by atoms with Gasteiger partial charge in [-0.05, 0) is 29.0 Å². The van der Waals surface area contributed by atoms with Crippen LogP contribution in [0.5, 0.6) is 0 Å². The Bertz CT molecular complexity index is 741. The van der Waals surface area contributed by atoms with E-state index in [-0.39, 0.29) is 5.92 Å². The fourth-order valence-corrected chi connectivity index (χ4v) is 2.86.